The summed E-state index contributed by atoms with van der Waals surface area (Å²) in [5.41, 5.74) is 3.40. The number of aromatic nitrogens is 2. The number of esters is 4. The first-order valence-corrected chi connectivity index (χ1v) is 14.7. The van der Waals surface area contributed by atoms with Crippen molar-refractivity contribution in [3.63, 3.8) is 0 Å². The average Bonchev–Trinajstić information content (AvgIpc) is 3.34. The van der Waals surface area contributed by atoms with Crippen LogP contribution in [0.25, 0.3) is 0 Å². The van der Waals surface area contributed by atoms with Crippen LogP contribution in [0, 0.1) is 6.92 Å². The lowest BCUT2D eigenvalue weighted by molar-refractivity contribution is -0.289. The van der Waals surface area contributed by atoms with E-state index in [1.807, 2.05) is 39.0 Å². The van der Waals surface area contributed by atoms with Crippen molar-refractivity contribution in [2.75, 3.05) is 19.8 Å². The molecule has 1 aromatic heterocycles. The van der Waals surface area contributed by atoms with Crippen molar-refractivity contribution < 1.29 is 57.4 Å². The molecular formula is C31H42N2O12. The van der Waals surface area contributed by atoms with E-state index >= 15 is 0 Å². The summed E-state index contributed by atoms with van der Waals surface area (Å²) >= 11 is 0. The van der Waals surface area contributed by atoms with E-state index in [1.54, 1.807) is 0 Å². The molecule has 1 unspecified atom stereocenters. The number of benzene rings is 1. The number of carbonyl (C=O) groups is 4. The zero-order chi connectivity index (χ0) is 33.3. The van der Waals surface area contributed by atoms with Crippen LogP contribution in [-0.4, -0.2) is 89.7 Å². The second-order valence-electron chi connectivity index (χ2n) is 11.0. The van der Waals surface area contributed by atoms with Gasteiger partial charge in [0.25, 0.3) is 0 Å². The van der Waals surface area contributed by atoms with Crippen LogP contribution >= 0.6 is 0 Å². The van der Waals surface area contributed by atoms with E-state index in [0.717, 1.165) is 37.6 Å². The van der Waals surface area contributed by atoms with E-state index in [1.165, 1.54) is 6.92 Å². The van der Waals surface area contributed by atoms with Gasteiger partial charge in [0.15, 0.2) is 12.2 Å². The number of H-pyrrole nitrogens is 1. The van der Waals surface area contributed by atoms with Gasteiger partial charge in [-0.2, -0.15) is 0 Å². The zero-order valence-electron chi connectivity index (χ0n) is 26.6. The van der Waals surface area contributed by atoms with Gasteiger partial charge in [-0.3, -0.25) is 24.3 Å². The summed E-state index contributed by atoms with van der Waals surface area (Å²) in [6.45, 7) is 10.6. The SMILES string of the molecule is CC(=O)OC[C@H]1OC(Oc2n[nH]c(C(C)C)c2Cc2ccc(OCCCO)cc2C)[C@H](OC(C)=O)[C@@H](OC(C)=O)[C@@H]1OC(C)=O. The lowest BCUT2D eigenvalue weighted by atomic mass is 9.96. The predicted octanol–water partition coefficient (Wildman–Crippen LogP) is 2.66. The monoisotopic (exact) mass is 634 g/mol. The van der Waals surface area contributed by atoms with E-state index < -0.39 is 54.6 Å². The topological polar surface area (TPSA) is 182 Å². The zero-order valence-corrected chi connectivity index (χ0v) is 26.6. The Morgan fingerprint density at radius 1 is 0.956 bits per heavy atom. The molecule has 3 rings (SSSR count). The number of aryl methyl sites for hydroxylation is 1. The number of aliphatic hydroxyl groups is 1. The second kappa shape index (κ2) is 16.2. The highest BCUT2D eigenvalue weighted by atomic mass is 16.7. The third kappa shape index (κ3) is 9.91. The van der Waals surface area contributed by atoms with Crippen molar-refractivity contribution in [1.29, 1.82) is 0 Å². The van der Waals surface area contributed by atoms with Gasteiger partial charge in [-0.1, -0.05) is 19.9 Å². The fourth-order valence-corrected chi connectivity index (χ4v) is 4.90. The number of hydrogen-bond donors (Lipinski definition) is 2. The molecule has 0 saturated carbocycles. The number of aliphatic hydroxyl groups excluding tert-OH is 1. The average molecular weight is 635 g/mol. The second-order valence-corrected chi connectivity index (χ2v) is 11.0. The molecule has 14 nitrogen and oxygen atoms in total. The molecule has 2 aromatic rings. The number of carbonyl (C=O) groups excluding carboxylic acids is 4. The van der Waals surface area contributed by atoms with Crippen molar-refractivity contribution >= 4 is 23.9 Å². The normalized spacial score (nSPS) is 21.1. The molecule has 1 aliphatic heterocycles. The molecule has 2 heterocycles. The number of nitrogens with zero attached hydrogens (tertiary/aromatic N) is 1. The minimum Gasteiger partial charge on any atom is -0.493 e. The van der Waals surface area contributed by atoms with Crippen LogP contribution < -0.4 is 9.47 Å². The summed E-state index contributed by atoms with van der Waals surface area (Å²) < 4.78 is 39.7. The largest absolute Gasteiger partial charge is 0.493 e. The molecule has 1 aromatic carbocycles. The summed E-state index contributed by atoms with van der Waals surface area (Å²) in [6.07, 6.45) is -5.74. The third-order valence-corrected chi connectivity index (χ3v) is 6.87. The van der Waals surface area contributed by atoms with Crippen LogP contribution in [0.3, 0.4) is 0 Å². The molecule has 0 spiro atoms. The Morgan fingerprint density at radius 2 is 1.60 bits per heavy atom. The predicted molar refractivity (Wildman–Crippen MR) is 156 cm³/mol. The van der Waals surface area contributed by atoms with E-state index in [2.05, 4.69) is 10.2 Å². The van der Waals surface area contributed by atoms with Crippen LogP contribution in [0.2, 0.25) is 0 Å². The Hall–Kier alpha value is -4.17. The van der Waals surface area contributed by atoms with E-state index in [4.69, 9.17) is 38.3 Å². The molecule has 0 amide bonds. The molecule has 5 atom stereocenters. The van der Waals surface area contributed by atoms with E-state index in [0.29, 0.717) is 30.8 Å². The molecule has 248 valence electrons. The highest BCUT2D eigenvalue weighted by Crippen LogP contribution is 2.34. The molecule has 0 bridgehead atoms. The smallest absolute Gasteiger partial charge is 0.303 e. The van der Waals surface area contributed by atoms with Gasteiger partial charge in [-0.25, -0.2) is 0 Å². The Labute approximate surface area is 261 Å². The summed E-state index contributed by atoms with van der Waals surface area (Å²) in [7, 11) is 0. The minimum absolute atomic E-state index is 0.0154. The maximum Gasteiger partial charge on any atom is 0.303 e. The Morgan fingerprint density at radius 3 is 2.18 bits per heavy atom. The number of ether oxygens (including phenoxy) is 7. The lowest BCUT2D eigenvalue weighted by Gasteiger charge is -2.43. The van der Waals surface area contributed by atoms with Crippen molar-refractivity contribution in [1.82, 2.24) is 10.2 Å². The Bertz CT molecular complexity index is 1340. The standard InChI is InChI=1S/C31H42N2O12/c1-16(2)26-24(14-22-9-10-23(13-17(22)3)39-12-8-11-34)30(33-32-26)45-31-29(43-21(7)38)28(42-20(6)37)27(41-19(5)36)25(44-31)15-40-18(4)35/h9-10,13,16,25,27-29,31,34H,8,11-12,14-15H2,1-7H3,(H,32,33)/t25-,27-,28+,29-,31?/m1/s1. The summed E-state index contributed by atoms with van der Waals surface area (Å²) in [5.74, 6) is -2.01. The van der Waals surface area contributed by atoms with Gasteiger partial charge < -0.3 is 38.3 Å². The number of nitrogens with one attached hydrogen (secondary N) is 1. The van der Waals surface area contributed by atoms with Crippen LogP contribution in [0.1, 0.15) is 76.3 Å². The third-order valence-electron chi connectivity index (χ3n) is 6.87. The molecule has 45 heavy (non-hydrogen) atoms. The maximum atomic E-state index is 12.2. The summed E-state index contributed by atoms with van der Waals surface area (Å²) in [6, 6.07) is 5.68. The van der Waals surface area contributed by atoms with Crippen LogP contribution in [0.4, 0.5) is 0 Å². The molecule has 1 fully saturated rings. The molecule has 14 heteroatoms. The first kappa shape index (κ1) is 35.3. The number of hydrogen-bond acceptors (Lipinski definition) is 13. The van der Waals surface area contributed by atoms with Crippen LogP contribution in [0.5, 0.6) is 11.6 Å². The highest BCUT2D eigenvalue weighted by molar-refractivity contribution is 5.68. The first-order valence-electron chi connectivity index (χ1n) is 14.7. The molecule has 0 aliphatic carbocycles. The van der Waals surface area contributed by atoms with Gasteiger partial charge in [0.05, 0.1) is 6.61 Å². The van der Waals surface area contributed by atoms with E-state index in [9.17, 15) is 19.2 Å². The summed E-state index contributed by atoms with van der Waals surface area (Å²) in [4.78, 5) is 48.1. The number of rotatable bonds is 14. The molecule has 1 aliphatic rings. The van der Waals surface area contributed by atoms with Crippen molar-refractivity contribution in [3.05, 3.63) is 40.6 Å². The van der Waals surface area contributed by atoms with Gasteiger partial charge in [0.1, 0.15) is 18.5 Å². The van der Waals surface area contributed by atoms with Gasteiger partial charge in [0.2, 0.25) is 18.3 Å². The Balaban J connectivity index is 2.01. The van der Waals surface area contributed by atoms with Gasteiger partial charge in [-0.05, 0) is 36.1 Å². The van der Waals surface area contributed by atoms with Crippen molar-refractivity contribution in [2.45, 2.75) is 97.9 Å². The van der Waals surface area contributed by atoms with Crippen LogP contribution in [0.15, 0.2) is 18.2 Å². The van der Waals surface area contributed by atoms with Gasteiger partial charge >= 0.3 is 23.9 Å². The van der Waals surface area contributed by atoms with Crippen molar-refractivity contribution in [3.8, 4) is 11.6 Å². The molecular weight excluding hydrogens is 592 g/mol. The molecule has 1 saturated heterocycles. The fraction of sp³-hybridized carbons (Fsp3) is 0.581. The van der Waals surface area contributed by atoms with E-state index in [-0.39, 0.29) is 25.0 Å². The maximum absolute atomic E-state index is 12.2. The quantitative estimate of drug-likeness (QED) is 0.176. The first-order chi connectivity index (χ1) is 21.3. The Kier molecular flexibility index (Phi) is 12.7. The highest BCUT2D eigenvalue weighted by Gasteiger charge is 2.53. The minimum atomic E-state index is -1.42. The van der Waals surface area contributed by atoms with Crippen LogP contribution in [-0.2, 0) is 49.3 Å². The van der Waals surface area contributed by atoms with Crippen molar-refractivity contribution in [2.24, 2.45) is 0 Å². The number of aromatic amines is 1. The lowest BCUT2D eigenvalue weighted by Crippen LogP contribution is -2.63. The van der Waals surface area contributed by atoms with Gasteiger partial charge in [0, 0.05) is 58.4 Å². The van der Waals surface area contributed by atoms with Gasteiger partial charge in [-0.15, -0.1) is 5.10 Å². The fourth-order valence-electron chi connectivity index (χ4n) is 4.90. The summed E-state index contributed by atoms with van der Waals surface area (Å²) in [5, 5.41) is 16.4. The molecule has 0 radical (unpaired) electrons. The molecule has 2 N–H and O–H groups in total.